The van der Waals surface area contributed by atoms with E-state index in [0.717, 1.165) is 5.56 Å². The molecule has 1 aliphatic heterocycles. The van der Waals surface area contributed by atoms with E-state index in [-0.39, 0.29) is 5.92 Å². The summed E-state index contributed by atoms with van der Waals surface area (Å²) in [7, 11) is -3.34. The van der Waals surface area contributed by atoms with Gasteiger partial charge in [-0.15, -0.1) is 0 Å². The zero-order chi connectivity index (χ0) is 14.2. The SMILES string of the molecule is O=S(=O)(c1ccccc1)N1CC(c2ccc(Cl)cc2)C1. The molecule has 3 rings (SSSR count). The van der Waals surface area contributed by atoms with Crippen molar-refractivity contribution in [2.75, 3.05) is 13.1 Å². The fourth-order valence-electron chi connectivity index (χ4n) is 2.32. The molecule has 3 nitrogen and oxygen atoms in total. The first-order valence-corrected chi connectivity index (χ1v) is 8.20. The van der Waals surface area contributed by atoms with Crippen molar-refractivity contribution >= 4 is 21.6 Å². The lowest BCUT2D eigenvalue weighted by atomic mass is 9.94. The number of benzene rings is 2. The van der Waals surface area contributed by atoms with Crippen LogP contribution in [-0.4, -0.2) is 25.8 Å². The Morgan fingerprint density at radius 2 is 1.55 bits per heavy atom. The maximum absolute atomic E-state index is 12.4. The number of halogens is 1. The minimum Gasteiger partial charge on any atom is -0.207 e. The standard InChI is InChI=1S/C15H14ClNO2S/c16-14-8-6-12(7-9-14)13-10-17(11-13)20(18,19)15-4-2-1-3-5-15/h1-9,13H,10-11H2. The fourth-order valence-corrected chi connectivity index (χ4v) is 4.00. The summed E-state index contributed by atoms with van der Waals surface area (Å²) >= 11 is 5.85. The summed E-state index contributed by atoms with van der Waals surface area (Å²) in [6, 6.07) is 16.1. The zero-order valence-corrected chi connectivity index (χ0v) is 12.3. The van der Waals surface area contributed by atoms with Crippen LogP contribution < -0.4 is 0 Å². The summed E-state index contributed by atoms with van der Waals surface area (Å²) in [5.41, 5.74) is 1.13. The van der Waals surface area contributed by atoms with Crippen LogP contribution in [0, 0.1) is 0 Å². The van der Waals surface area contributed by atoms with Crippen LogP contribution in [0.25, 0.3) is 0 Å². The molecule has 0 unspecified atom stereocenters. The molecule has 0 atom stereocenters. The molecule has 5 heteroatoms. The highest BCUT2D eigenvalue weighted by Gasteiger charge is 2.37. The van der Waals surface area contributed by atoms with E-state index in [1.54, 1.807) is 24.3 Å². The highest BCUT2D eigenvalue weighted by Crippen LogP contribution is 2.32. The molecular weight excluding hydrogens is 294 g/mol. The van der Waals surface area contributed by atoms with Gasteiger partial charge < -0.3 is 0 Å². The molecule has 1 aliphatic rings. The van der Waals surface area contributed by atoms with Crippen LogP contribution in [-0.2, 0) is 10.0 Å². The first-order chi connectivity index (χ1) is 9.57. The molecule has 104 valence electrons. The average Bonchev–Trinajstić information content (AvgIpc) is 2.40. The lowest BCUT2D eigenvalue weighted by molar-refractivity contribution is 0.264. The van der Waals surface area contributed by atoms with Crippen LogP contribution in [0.15, 0.2) is 59.5 Å². The molecule has 0 N–H and O–H groups in total. The Hall–Kier alpha value is -1.36. The van der Waals surface area contributed by atoms with E-state index in [1.165, 1.54) is 4.31 Å². The average molecular weight is 308 g/mol. The van der Waals surface area contributed by atoms with Gasteiger partial charge in [-0.2, -0.15) is 4.31 Å². The molecule has 0 aliphatic carbocycles. The number of hydrogen-bond acceptors (Lipinski definition) is 2. The molecule has 0 radical (unpaired) electrons. The zero-order valence-electron chi connectivity index (χ0n) is 10.7. The molecule has 1 fully saturated rings. The second kappa shape index (κ2) is 5.20. The second-order valence-corrected chi connectivity index (χ2v) is 7.26. The molecule has 20 heavy (non-hydrogen) atoms. The van der Waals surface area contributed by atoms with Gasteiger partial charge in [0, 0.05) is 24.0 Å². The van der Waals surface area contributed by atoms with Crippen molar-refractivity contribution in [3.05, 3.63) is 65.2 Å². The first-order valence-electron chi connectivity index (χ1n) is 6.38. The van der Waals surface area contributed by atoms with Gasteiger partial charge in [0.25, 0.3) is 0 Å². The smallest absolute Gasteiger partial charge is 0.207 e. The van der Waals surface area contributed by atoms with E-state index < -0.39 is 10.0 Å². The van der Waals surface area contributed by atoms with Crippen LogP contribution in [0.2, 0.25) is 5.02 Å². The molecule has 1 heterocycles. The van der Waals surface area contributed by atoms with E-state index in [9.17, 15) is 8.42 Å². The molecular formula is C15H14ClNO2S. The quantitative estimate of drug-likeness (QED) is 0.873. The van der Waals surface area contributed by atoms with Crippen LogP contribution in [0.1, 0.15) is 11.5 Å². The maximum Gasteiger partial charge on any atom is 0.243 e. The van der Waals surface area contributed by atoms with E-state index in [0.29, 0.717) is 23.0 Å². The topological polar surface area (TPSA) is 37.4 Å². The van der Waals surface area contributed by atoms with Gasteiger partial charge in [0.15, 0.2) is 0 Å². The Kier molecular flexibility index (Phi) is 3.54. The van der Waals surface area contributed by atoms with Crippen molar-refractivity contribution in [2.45, 2.75) is 10.8 Å². The first kappa shape index (κ1) is 13.6. The van der Waals surface area contributed by atoms with Gasteiger partial charge in [-0.3, -0.25) is 0 Å². The Morgan fingerprint density at radius 1 is 0.950 bits per heavy atom. The van der Waals surface area contributed by atoms with Gasteiger partial charge in [0.1, 0.15) is 0 Å². The molecule has 2 aromatic rings. The minimum atomic E-state index is -3.34. The Bertz CT molecular complexity index is 692. The minimum absolute atomic E-state index is 0.255. The van der Waals surface area contributed by atoms with E-state index in [4.69, 9.17) is 11.6 Å². The largest absolute Gasteiger partial charge is 0.243 e. The predicted octanol–water partition coefficient (Wildman–Crippen LogP) is 3.13. The van der Waals surface area contributed by atoms with Gasteiger partial charge in [-0.1, -0.05) is 41.9 Å². The lowest BCUT2D eigenvalue weighted by Crippen LogP contribution is -2.48. The van der Waals surface area contributed by atoms with Crippen molar-refractivity contribution in [1.29, 1.82) is 0 Å². The normalized spacial score (nSPS) is 16.9. The second-order valence-electron chi connectivity index (χ2n) is 4.88. The van der Waals surface area contributed by atoms with Crippen molar-refractivity contribution in [1.82, 2.24) is 4.31 Å². The summed E-state index contributed by atoms with van der Waals surface area (Å²) in [4.78, 5) is 0.356. The number of hydrogen-bond donors (Lipinski definition) is 0. The predicted molar refractivity (Wildman–Crippen MR) is 79.4 cm³/mol. The third-order valence-electron chi connectivity index (χ3n) is 3.57. The summed E-state index contributed by atoms with van der Waals surface area (Å²) in [6.07, 6.45) is 0. The number of nitrogens with zero attached hydrogens (tertiary/aromatic N) is 1. The molecule has 0 spiro atoms. The van der Waals surface area contributed by atoms with Crippen LogP contribution in [0.4, 0.5) is 0 Å². The van der Waals surface area contributed by atoms with Crippen LogP contribution >= 0.6 is 11.6 Å². The van der Waals surface area contributed by atoms with Gasteiger partial charge in [-0.05, 0) is 29.8 Å². The van der Waals surface area contributed by atoms with Gasteiger partial charge in [0.05, 0.1) is 4.90 Å². The maximum atomic E-state index is 12.4. The molecule has 1 saturated heterocycles. The number of sulfonamides is 1. The van der Waals surface area contributed by atoms with Gasteiger partial charge >= 0.3 is 0 Å². The van der Waals surface area contributed by atoms with Crippen molar-refractivity contribution in [3.63, 3.8) is 0 Å². The third kappa shape index (κ3) is 2.46. The molecule has 2 aromatic carbocycles. The Morgan fingerprint density at radius 3 is 2.15 bits per heavy atom. The summed E-state index contributed by atoms with van der Waals surface area (Å²) in [5, 5.41) is 0.696. The van der Waals surface area contributed by atoms with Crippen molar-refractivity contribution in [2.24, 2.45) is 0 Å². The van der Waals surface area contributed by atoms with Crippen molar-refractivity contribution in [3.8, 4) is 0 Å². The molecule has 0 bridgehead atoms. The third-order valence-corrected chi connectivity index (χ3v) is 5.67. The summed E-state index contributed by atoms with van der Waals surface area (Å²) in [5.74, 6) is 0.255. The summed E-state index contributed by atoms with van der Waals surface area (Å²) < 4.78 is 26.2. The van der Waals surface area contributed by atoms with E-state index in [2.05, 4.69) is 0 Å². The monoisotopic (exact) mass is 307 g/mol. The summed E-state index contributed by atoms with van der Waals surface area (Å²) in [6.45, 7) is 1.05. The van der Waals surface area contributed by atoms with E-state index >= 15 is 0 Å². The fraction of sp³-hybridized carbons (Fsp3) is 0.200. The van der Waals surface area contributed by atoms with E-state index in [1.807, 2.05) is 30.3 Å². The number of rotatable bonds is 3. The Balaban J connectivity index is 1.73. The van der Waals surface area contributed by atoms with Crippen LogP contribution in [0.3, 0.4) is 0 Å². The van der Waals surface area contributed by atoms with Crippen LogP contribution in [0.5, 0.6) is 0 Å². The molecule has 0 aromatic heterocycles. The molecule has 0 amide bonds. The molecule has 0 saturated carbocycles. The Labute approximate surface area is 123 Å². The highest BCUT2D eigenvalue weighted by molar-refractivity contribution is 7.89. The van der Waals surface area contributed by atoms with Gasteiger partial charge in [-0.25, -0.2) is 8.42 Å². The van der Waals surface area contributed by atoms with Gasteiger partial charge in [0.2, 0.25) is 10.0 Å². The lowest BCUT2D eigenvalue weighted by Gasteiger charge is -2.38. The van der Waals surface area contributed by atoms with Crippen molar-refractivity contribution < 1.29 is 8.42 Å². The highest BCUT2D eigenvalue weighted by atomic mass is 35.5.